The highest BCUT2D eigenvalue weighted by Gasteiger charge is 2.13. The van der Waals surface area contributed by atoms with Gasteiger partial charge in [0.2, 0.25) is 0 Å². The molecule has 0 radical (unpaired) electrons. The Labute approximate surface area is 152 Å². The van der Waals surface area contributed by atoms with E-state index >= 15 is 0 Å². The van der Waals surface area contributed by atoms with Crippen molar-refractivity contribution in [3.05, 3.63) is 62.4 Å². The maximum absolute atomic E-state index is 12.3. The monoisotopic (exact) mass is 359 g/mol. The van der Waals surface area contributed by atoms with E-state index in [4.69, 9.17) is 4.74 Å². The van der Waals surface area contributed by atoms with Crippen molar-refractivity contribution in [1.29, 1.82) is 0 Å². The van der Waals surface area contributed by atoms with Crippen LogP contribution in [0.15, 0.2) is 39.9 Å². The second kappa shape index (κ2) is 9.03. The van der Waals surface area contributed by atoms with E-state index in [1.54, 1.807) is 0 Å². The number of hydrogen-bond donors (Lipinski definition) is 1. The topological polar surface area (TPSA) is 82.3 Å². The number of amides is 1. The maximum Gasteiger partial charge on any atom is 0.331 e. The van der Waals surface area contributed by atoms with Gasteiger partial charge in [-0.3, -0.25) is 18.7 Å². The van der Waals surface area contributed by atoms with Crippen LogP contribution in [0.4, 0.5) is 0 Å². The molecule has 2 aromatic rings. The van der Waals surface area contributed by atoms with Crippen LogP contribution >= 0.6 is 0 Å². The predicted octanol–water partition coefficient (Wildman–Crippen LogP) is 1.24. The molecular weight excluding hydrogens is 334 g/mol. The quantitative estimate of drug-likeness (QED) is 0.719. The van der Waals surface area contributed by atoms with Crippen LogP contribution in [0, 0.1) is 0 Å². The minimum Gasteiger partial charge on any atom is -0.493 e. The molecule has 26 heavy (non-hydrogen) atoms. The van der Waals surface area contributed by atoms with Crippen LogP contribution < -0.4 is 21.3 Å². The molecule has 0 unspecified atom stereocenters. The molecule has 0 spiro atoms. The molecular formula is C19H25N3O4. The van der Waals surface area contributed by atoms with E-state index in [9.17, 15) is 14.4 Å². The van der Waals surface area contributed by atoms with Crippen molar-refractivity contribution in [2.45, 2.75) is 26.2 Å². The Kier molecular flexibility index (Phi) is 6.77. The van der Waals surface area contributed by atoms with Crippen molar-refractivity contribution in [3.63, 3.8) is 0 Å². The Hall–Kier alpha value is -2.83. The van der Waals surface area contributed by atoms with Crippen molar-refractivity contribution in [1.82, 2.24) is 14.5 Å². The fourth-order valence-electron chi connectivity index (χ4n) is 2.59. The van der Waals surface area contributed by atoms with Gasteiger partial charge >= 0.3 is 5.69 Å². The minimum atomic E-state index is -0.523. The number of nitrogens with one attached hydrogen (secondary N) is 1. The lowest BCUT2D eigenvalue weighted by Crippen LogP contribution is -2.41. The van der Waals surface area contributed by atoms with Gasteiger partial charge in [-0.2, -0.15) is 0 Å². The minimum absolute atomic E-state index is 0.0600. The molecule has 0 aliphatic carbocycles. The summed E-state index contributed by atoms with van der Waals surface area (Å²) in [6, 6.07) is 9.02. The van der Waals surface area contributed by atoms with Crippen LogP contribution in [0.1, 0.15) is 35.8 Å². The van der Waals surface area contributed by atoms with Crippen LogP contribution in [0.3, 0.4) is 0 Å². The van der Waals surface area contributed by atoms with Gasteiger partial charge in [-0.05, 0) is 30.9 Å². The summed E-state index contributed by atoms with van der Waals surface area (Å²) in [4.78, 5) is 35.9. The molecule has 0 saturated carbocycles. The molecule has 1 amide bonds. The third kappa shape index (κ3) is 4.62. The molecule has 2 rings (SSSR count). The van der Waals surface area contributed by atoms with Crippen LogP contribution in [-0.4, -0.2) is 28.2 Å². The molecule has 7 heteroatoms. The van der Waals surface area contributed by atoms with Gasteiger partial charge in [0, 0.05) is 26.7 Å². The van der Waals surface area contributed by atoms with Gasteiger partial charge in [0.05, 0.1) is 6.61 Å². The van der Waals surface area contributed by atoms with E-state index in [1.165, 1.54) is 24.7 Å². The summed E-state index contributed by atoms with van der Waals surface area (Å²) in [5.74, 6) is 0.437. The third-order valence-corrected chi connectivity index (χ3v) is 4.10. The molecule has 1 aromatic carbocycles. The molecule has 1 N–H and O–H groups in total. The molecule has 1 aromatic heterocycles. The van der Waals surface area contributed by atoms with Crippen LogP contribution in [-0.2, 0) is 20.5 Å². The second-order valence-electron chi connectivity index (χ2n) is 6.08. The summed E-state index contributed by atoms with van der Waals surface area (Å²) in [5.41, 5.74) is 0.130. The molecule has 0 atom stereocenters. The normalized spacial score (nSPS) is 10.6. The second-order valence-corrected chi connectivity index (χ2v) is 6.08. The molecule has 0 fully saturated rings. The lowest BCUT2D eigenvalue weighted by Gasteiger charge is -2.12. The summed E-state index contributed by atoms with van der Waals surface area (Å²) in [6.07, 6.45) is 2.42. The van der Waals surface area contributed by atoms with E-state index < -0.39 is 17.2 Å². The third-order valence-electron chi connectivity index (χ3n) is 4.10. The van der Waals surface area contributed by atoms with E-state index in [0.717, 1.165) is 35.1 Å². The lowest BCUT2D eigenvalue weighted by molar-refractivity contribution is 0.0943. The van der Waals surface area contributed by atoms with Gasteiger partial charge in [-0.1, -0.05) is 25.1 Å². The van der Waals surface area contributed by atoms with E-state index in [1.807, 2.05) is 24.3 Å². The highest BCUT2D eigenvalue weighted by Crippen LogP contribution is 2.19. The fourth-order valence-corrected chi connectivity index (χ4v) is 2.59. The van der Waals surface area contributed by atoms with Crippen molar-refractivity contribution >= 4 is 5.91 Å². The zero-order valence-corrected chi connectivity index (χ0v) is 15.4. The number of aromatic nitrogens is 2. The summed E-state index contributed by atoms with van der Waals surface area (Å²) in [5, 5.41) is 2.76. The molecule has 0 aliphatic rings. The molecule has 0 saturated heterocycles. The summed E-state index contributed by atoms with van der Waals surface area (Å²) >= 11 is 0. The predicted molar refractivity (Wildman–Crippen MR) is 99.8 cm³/mol. The molecule has 0 bridgehead atoms. The number of carbonyl (C=O) groups excluding carboxylic acids is 1. The Morgan fingerprint density at radius 1 is 1.15 bits per heavy atom. The van der Waals surface area contributed by atoms with Crippen LogP contribution in [0.5, 0.6) is 5.75 Å². The van der Waals surface area contributed by atoms with E-state index in [-0.39, 0.29) is 5.69 Å². The number of benzene rings is 1. The number of rotatable bonds is 8. The Balaban J connectivity index is 1.94. The number of aryl methyl sites for hydroxylation is 1. The van der Waals surface area contributed by atoms with Gasteiger partial charge in [-0.25, -0.2) is 4.79 Å². The van der Waals surface area contributed by atoms with Gasteiger partial charge in [-0.15, -0.1) is 0 Å². The number of hydrogen-bond acceptors (Lipinski definition) is 4. The first-order valence-electron chi connectivity index (χ1n) is 8.71. The Bertz CT molecular complexity index is 883. The zero-order chi connectivity index (χ0) is 19.1. The zero-order valence-electron chi connectivity index (χ0n) is 15.4. The lowest BCUT2D eigenvalue weighted by atomic mass is 10.1. The first-order chi connectivity index (χ1) is 12.5. The average molecular weight is 359 g/mol. The van der Waals surface area contributed by atoms with Crippen molar-refractivity contribution in [3.8, 4) is 5.75 Å². The number of para-hydroxylation sites is 1. The smallest absolute Gasteiger partial charge is 0.331 e. The Morgan fingerprint density at radius 3 is 2.62 bits per heavy atom. The molecule has 7 nitrogen and oxygen atoms in total. The summed E-state index contributed by atoms with van der Waals surface area (Å²) in [7, 11) is 2.85. The standard InChI is InChI=1S/C19H25N3O4/c1-4-12-26-16-10-6-5-8-14(16)9-7-11-20-18(24)15-13-17(23)22(3)19(25)21(15)2/h5-6,8,10,13H,4,7,9,11-12H2,1-3H3,(H,20,24). The highest BCUT2D eigenvalue weighted by atomic mass is 16.5. The van der Waals surface area contributed by atoms with Gasteiger partial charge < -0.3 is 10.1 Å². The van der Waals surface area contributed by atoms with Gasteiger partial charge in [0.15, 0.2) is 0 Å². The largest absolute Gasteiger partial charge is 0.493 e. The van der Waals surface area contributed by atoms with Crippen molar-refractivity contribution in [2.75, 3.05) is 13.2 Å². The number of carbonyl (C=O) groups is 1. The molecule has 1 heterocycles. The first kappa shape index (κ1) is 19.5. The average Bonchev–Trinajstić information content (AvgIpc) is 2.65. The summed E-state index contributed by atoms with van der Waals surface area (Å²) in [6.45, 7) is 3.16. The first-order valence-corrected chi connectivity index (χ1v) is 8.71. The number of nitrogens with zero attached hydrogens (tertiary/aromatic N) is 2. The molecule has 0 aliphatic heterocycles. The van der Waals surface area contributed by atoms with E-state index in [2.05, 4.69) is 12.2 Å². The van der Waals surface area contributed by atoms with Crippen molar-refractivity contribution < 1.29 is 9.53 Å². The number of ether oxygens (including phenoxy) is 1. The van der Waals surface area contributed by atoms with Gasteiger partial charge in [0.25, 0.3) is 11.5 Å². The van der Waals surface area contributed by atoms with Crippen LogP contribution in [0.25, 0.3) is 0 Å². The Morgan fingerprint density at radius 2 is 1.88 bits per heavy atom. The van der Waals surface area contributed by atoms with E-state index in [0.29, 0.717) is 13.2 Å². The van der Waals surface area contributed by atoms with Crippen molar-refractivity contribution in [2.24, 2.45) is 14.1 Å². The highest BCUT2D eigenvalue weighted by molar-refractivity contribution is 5.92. The SMILES string of the molecule is CCCOc1ccccc1CCCNC(=O)c1cc(=O)n(C)c(=O)n1C. The van der Waals surface area contributed by atoms with Crippen LogP contribution in [0.2, 0.25) is 0 Å². The molecule has 140 valence electrons. The summed E-state index contributed by atoms with van der Waals surface area (Å²) < 4.78 is 7.86. The fraction of sp³-hybridized carbons (Fsp3) is 0.421. The van der Waals surface area contributed by atoms with Gasteiger partial charge in [0.1, 0.15) is 11.4 Å². The maximum atomic E-state index is 12.3.